The Morgan fingerprint density at radius 1 is 1.29 bits per heavy atom. The van der Waals surface area contributed by atoms with E-state index < -0.39 is 0 Å². The number of rotatable bonds is 2. The number of carbonyl (C=O) groups is 1. The second-order valence-electron chi connectivity index (χ2n) is 4.44. The van der Waals surface area contributed by atoms with Crippen molar-refractivity contribution >= 4 is 5.78 Å². The summed E-state index contributed by atoms with van der Waals surface area (Å²) in [6, 6.07) is 5.78. The smallest absolute Gasteiger partial charge is 0.194 e. The first kappa shape index (κ1) is 11.7. The van der Waals surface area contributed by atoms with Crippen molar-refractivity contribution < 1.29 is 9.53 Å². The summed E-state index contributed by atoms with van der Waals surface area (Å²) in [5.74, 6) is 0.772. The molecule has 1 aromatic rings. The molecule has 0 saturated heterocycles. The summed E-state index contributed by atoms with van der Waals surface area (Å²) in [4.78, 5) is 14.3. The highest BCUT2D eigenvalue weighted by Gasteiger charge is 2.25. The molecule has 0 bridgehead atoms. The number of nitrogens with zero attached hydrogens (tertiary/aromatic N) is 1. The van der Waals surface area contributed by atoms with Crippen molar-refractivity contribution in [1.29, 1.82) is 0 Å². The van der Waals surface area contributed by atoms with Crippen molar-refractivity contribution in [2.45, 2.75) is 12.8 Å². The maximum atomic E-state index is 12.4. The van der Waals surface area contributed by atoms with Crippen molar-refractivity contribution in [3.63, 3.8) is 0 Å². The maximum absolute atomic E-state index is 12.4. The van der Waals surface area contributed by atoms with Crippen LogP contribution in [-0.4, -0.2) is 31.9 Å². The van der Waals surface area contributed by atoms with Crippen molar-refractivity contribution in [3.05, 3.63) is 41.1 Å². The molecule has 0 amide bonds. The average Bonchev–Trinajstić information content (AvgIpc) is 2.31. The molecule has 90 valence electrons. The monoisotopic (exact) mass is 231 g/mol. The Balaban J connectivity index is 2.47. The summed E-state index contributed by atoms with van der Waals surface area (Å²) < 4.78 is 5.27. The summed E-state index contributed by atoms with van der Waals surface area (Å²) in [5.41, 5.74) is 2.67. The zero-order valence-corrected chi connectivity index (χ0v) is 10.5. The number of hydrogen-bond donors (Lipinski definition) is 0. The third-order valence-electron chi connectivity index (χ3n) is 2.93. The number of hydrogen-bond acceptors (Lipinski definition) is 3. The number of Topliss-reactive ketones (excluding diaryl/α,β-unsaturated/α-hetero) is 1. The lowest BCUT2D eigenvalue weighted by Crippen LogP contribution is -2.17. The lowest BCUT2D eigenvalue weighted by atomic mass is 9.86. The fourth-order valence-corrected chi connectivity index (χ4v) is 2.19. The molecule has 1 aliphatic rings. The lowest BCUT2D eigenvalue weighted by molar-refractivity contribution is 0.102. The predicted octanol–water partition coefficient (Wildman–Crippen LogP) is 2.27. The van der Waals surface area contributed by atoms with Crippen LogP contribution in [-0.2, 0) is 6.42 Å². The van der Waals surface area contributed by atoms with Gasteiger partial charge in [-0.1, -0.05) is 12.1 Å². The normalized spacial score (nSPS) is 16.9. The number of fused-ring (bicyclic) bond motifs is 1. The van der Waals surface area contributed by atoms with E-state index in [2.05, 4.69) is 0 Å². The molecule has 0 unspecified atom stereocenters. The molecule has 0 spiro atoms. The van der Waals surface area contributed by atoms with E-state index >= 15 is 0 Å². The average molecular weight is 231 g/mol. The quantitative estimate of drug-likeness (QED) is 0.731. The maximum Gasteiger partial charge on any atom is 0.194 e. The zero-order chi connectivity index (χ0) is 12.4. The van der Waals surface area contributed by atoms with E-state index in [9.17, 15) is 4.79 Å². The highest BCUT2D eigenvalue weighted by atomic mass is 16.5. The standard InChI is InChI=1S/C14H17NO2/c1-15(2)9-11-8-7-10-5-4-6-12(17-3)13(10)14(11)16/h4-6,9H,7-8H2,1-3H3. The summed E-state index contributed by atoms with van der Waals surface area (Å²) in [6.45, 7) is 0. The van der Waals surface area contributed by atoms with E-state index in [-0.39, 0.29) is 5.78 Å². The number of ketones is 1. The minimum atomic E-state index is 0.0948. The Labute approximate surface area is 102 Å². The molecule has 1 aliphatic carbocycles. The van der Waals surface area contributed by atoms with Gasteiger partial charge >= 0.3 is 0 Å². The highest BCUT2D eigenvalue weighted by molar-refractivity contribution is 6.12. The van der Waals surface area contributed by atoms with Gasteiger partial charge in [0.2, 0.25) is 0 Å². The molecular formula is C14H17NO2. The van der Waals surface area contributed by atoms with Gasteiger partial charge in [0, 0.05) is 25.9 Å². The summed E-state index contributed by atoms with van der Waals surface area (Å²) in [7, 11) is 5.46. The molecule has 3 heteroatoms. The number of ether oxygens (including phenoxy) is 1. The van der Waals surface area contributed by atoms with Crippen LogP contribution in [0.1, 0.15) is 22.3 Å². The molecule has 1 aromatic carbocycles. The number of benzene rings is 1. The third-order valence-corrected chi connectivity index (χ3v) is 2.93. The van der Waals surface area contributed by atoms with E-state index in [4.69, 9.17) is 4.74 Å². The van der Waals surface area contributed by atoms with Crippen LogP contribution < -0.4 is 4.74 Å². The molecule has 0 N–H and O–H groups in total. The van der Waals surface area contributed by atoms with E-state index in [1.807, 2.05) is 43.4 Å². The van der Waals surface area contributed by atoms with E-state index in [1.165, 1.54) is 0 Å². The van der Waals surface area contributed by atoms with Crippen LogP contribution in [0.25, 0.3) is 0 Å². The van der Waals surface area contributed by atoms with Crippen molar-refractivity contribution in [2.24, 2.45) is 0 Å². The Morgan fingerprint density at radius 2 is 2.06 bits per heavy atom. The Hall–Kier alpha value is -1.77. The van der Waals surface area contributed by atoms with E-state index in [1.54, 1.807) is 7.11 Å². The molecule has 0 aliphatic heterocycles. The van der Waals surface area contributed by atoms with Crippen LogP contribution in [0, 0.1) is 0 Å². The molecule has 0 aromatic heterocycles. The summed E-state index contributed by atoms with van der Waals surface area (Å²) in [6.07, 6.45) is 3.60. The van der Waals surface area contributed by atoms with Gasteiger partial charge in [-0.25, -0.2) is 0 Å². The predicted molar refractivity (Wildman–Crippen MR) is 67.4 cm³/mol. The van der Waals surface area contributed by atoms with Crippen LogP contribution in [0.5, 0.6) is 5.75 Å². The Morgan fingerprint density at radius 3 is 2.71 bits per heavy atom. The second kappa shape index (κ2) is 4.62. The van der Waals surface area contributed by atoms with Gasteiger partial charge in [-0.2, -0.15) is 0 Å². The van der Waals surface area contributed by atoms with Gasteiger partial charge < -0.3 is 9.64 Å². The number of carbonyl (C=O) groups excluding carboxylic acids is 1. The molecule has 0 heterocycles. The summed E-state index contributed by atoms with van der Waals surface area (Å²) in [5, 5.41) is 0. The van der Waals surface area contributed by atoms with Crippen molar-refractivity contribution in [3.8, 4) is 5.75 Å². The van der Waals surface area contributed by atoms with Gasteiger partial charge in [-0.3, -0.25) is 4.79 Å². The number of allylic oxidation sites excluding steroid dienone is 1. The molecule has 2 rings (SSSR count). The lowest BCUT2D eigenvalue weighted by Gasteiger charge is -2.20. The van der Waals surface area contributed by atoms with Crippen molar-refractivity contribution in [2.75, 3.05) is 21.2 Å². The number of methoxy groups -OCH3 is 1. The SMILES string of the molecule is COc1cccc2c1C(=O)C(=CN(C)C)CC2. The van der Waals surface area contributed by atoms with Crippen LogP contribution in [0.3, 0.4) is 0 Å². The van der Waals surface area contributed by atoms with Gasteiger partial charge in [0.1, 0.15) is 5.75 Å². The molecule has 0 saturated carbocycles. The molecule has 0 fully saturated rings. The molecular weight excluding hydrogens is 214 g/mol. The molecule has 17 heavy (non-hydrogen) atoms. The zero-order valence-electron chi connectivity index (χ0n) is 10.5. The minimum absolute atomic E-state index is 0.0948. The van der Waals surface area contributed by atoms with Crippen molar-refractivity contribution in [1.82, 2.24) is 4.90 Å². The van der Waals surface area contributed by atoms with Crippen LogP contribution in [0.4, 0.5) is 0 Å². The third kappa shape index (κ3) is 2.18. The van der Waals surface area contributed by atoms with Crippen LogP contribution >= 0.6 is 0 Å². The highest BCUT2D eigenvalue weighted by Crippen LogP contribution is 2.31. The largest absolute Gasteiger partial charge is 0.496 e. The Kier molecular flexibility index (Phi) is 3.18. The number of aryl methyl sites for hydroxylation is 1. The second-order valence-corrected chi connectivity index (χ2v) is 4.44. The topological polar surface area (TPSA) is 29.5 Å². The van der Waals surface area contributed by atoms with E-state index in [0.29, 0.717) is 5.75 Å². The van der Waals surface area contributed by atoms with Gasteiger partial charge in [-0.05, 0) is 24.5 Å². The van der Waals surface area contributed by atoms with Gasteiger partial charge in [0.05, 0.1) is 12.7 Å². The molecule has 0 radical (unpaired) electrons. The van der Waals surface area contributed by atoms with Gasteiger partial charge in [0.25, 0.3) is 0 Å². The van der Waals surface area contributed by atoms with Gasteiger partial charge in [-0.15, -0.1) is 0 Å². The fourth-order valence-electron chi connectivity index (χ4n) is 2.19. The van der Waals surface area contributed by atoms with Crippen LogP contribution in [0.15, 0.2) is 30.0 Å². The van der Waals surface area contributed by atoms with E-state index in [0.717, 1.165) is 29.5 Å². The van der Waals surface area contributed by atoms with Crippen LogP contribution in [0.2, 0.25) is 0 Å². The van der Waals surface area contributed by atoms with Gasteiger partial charge in [0.15, 0.2) is 5.78 Å². The minimum Gasteiger partial charge on any atom is -0.496 e. The molecule has 0 atom stereocenters. The first-order valence-corrected chi connectivity index (χ1v) is 5.71. The fraction of sp³-hybridized carbons (Fsp3) is 0.357. The first-order chi connectivity index (χ1) is 8.13. The molecule has 3 nitrogen and oxygen atoms in total. The Bertz CT molecular complexity index is 461. The first-order valence-electron chi connectivity index (χ1n) is 5.71. The summed E-state index contributed by atoms with van der Waals surface area (Å²) >= 11 is 0.